The molecule has 0 aliphatic carbocycles. The van der Waals surface area contributed by atoms with Crippen LogP contribution in [0.4, 0.5) is 0 Å². The maximum Gasteiger partial charge on any atom is 0.231 e. The van der Waals surface area contributed by atoms with Gasteiger partial charge < -0.3 is 5.73 Å². The Morgan fingerprint density at radius 2 is 2.08 bits per heavy atom. The van der Waals surface area contributed by atoms with Crippen LogP contribution in [0.5, 0.6) is 0 Å². The van der Waals surface area contributed by atoms with E-state index in [1.165, 1.54) is 9.58 Å². The second-order valence-electron chi connectivity index (χ2n) is 6.65. The first-order valence-corrected chi connectivity index (χ1v) is 8.51. The van der Waals surface area contributed by atoms with E-state index in [1.54, 1.807) is 20.2 Å². The minimum absolute atomic E-state index is 0.0864. The van der Waals surface area contributed by atoms with E-state index in [9.17, 15) is 9.59 Å². The number of rotatable bonds is 4. The summed E-state index contributed by atoms with van der Waals surface area (Å²) >= 11 is 5.85. The van der Waals surface area contributed by atoms with Crippen molar-refractivity contribution in [3.05, 3.63) is 52.3 Å². The normalized spacial score (nSPS) is 20.2. The summed E-state index contributed by atoms with van der Waals surface area (Å²) < 4.78 is 1.47. The van der Waals surface area contributed by atoms with Crippen molar-refractivity contribution in [2.75, 3.05) is 7.05 Å². The molecule has 26 heavy (non-hydrogen) atoms. The lowest BCUT2D eigenvalue weighted by atomic mass is 9.86. The fraction of sp³-hybridized carbons (Fsp3) is 0.333. The highest BCUT2D eigenvalue weighted by Gasteiger charge is 2.36. The van der Waals surface area contributed by atoms with Crippen molar-refractivity contribution in [2.45, 2.75) is 25.3 Å². The zero-order valence-electron chi connectivity index (χ0n) is 14.9. The number of guanidine groups is 1. The molecule has 136 valence electrons. The van der Waals surface area contributed by atoms with Crippen LogP contribution in [0.25, 0.3) is 0 Å². The van der Waals surface area contributed by atoms with Crippen molar-refractivity contribution >= 4 is 29.3 Å². The average Bonchev–Trinajstić information content (AvgIpc) is 2.91. The average molecular weight is 374 g/mol. The summed E-state index contributed by atoms with van der Waals surface area (Å²) in [6, 6.07) is 9.06. The molecule has 0 saturated heterocycles. The molecule has 0 radical (unpaired) electrons. The summed E-state index contributed by atoms with van der Waals surface area (Å²) in [5.74, 6) is 0.0115. The van der Waals surface area contributed by atoms with Gasteiger partial charge in [0, 0.05) is 26.6 Å². The second kappa shape index (κ2) is 6.57. The quantitative estimate of drug-likeness (QED) is 0.828. The number of carbonyl (C=O) groups excluding carboxylic acids is 2. The first-order valence-electron chi connectivity index (χ1n) is 8.13. The topological polar surface area (TPSA) is 93.6 Å². The van der Waals surface area contributed by atoms with E-state index in [2.05, 4.69) is 10.1 Å². The highest BCUT2D eigenvalue weighted by molar-refractivity contribution is 6.29. The van der Waals surface area contributed by atoms with Crippen molar-refractivity contribution in [3.8, 4) is 0 Å². The third-order valence-electron chi connectivity index (χ3n) is 4.62. The van der Waals surface area contributed by atoms with Crippen LogP contribution in [0.2, 0.25) is 5.15 Å². The molecule has 2 N–H and O–H groups in total. The molecule has 0 fully saturated rings. The Kier molecular flexibility index (Phi) is 4.58. The van der Waals surface area contributed by atoms with Gasteiger partial charge in [0.05, 0.1) is 12.0 Å². The summed E-state index contributed by atoms with van der Waals surface area (Å²) in [7, 11) is 3.28. The van der Waals surface area contributed by atoms with Gasteiger partial charge in [-0.05, 0) is 18.1 Å². The van der Waals surface area contributed by atoms with Crippen LogP contribution in [0.1, 0.15) is 35.0 Å². The smallest absolute Gasteiger partial charge is 0.231 e. The molecular weight excluding hydrogens is 354 g/mol. The Morgan fingerprint density at radius 3 is 2.69 bits per heavy atom. The van der Waals surface area contributed by atoms with Gasteiger partial charge in [-0.2, -0.15) is 5.10 Å². The minimum atomic E-state index is -0.747. The highest BCUT2D eigenvalue weighted by Crippen LogP contribution is 2.33. The molecule has 2 aromatic rings. The van der Waals surface area contributed by atoms with E-state index in [4.69, 9.17) is 17.3 Å². The summed E-state index contributed by atoms with van der Waals surface area (Å²) in [6.45, 7) is 1.87. The second-order valence-corrected chi connectivity index (χ2v) is 7.04. The number of aliphatic imine (C=N–C) groups is 1. The molecule has 2 heterocycles. The molecule has 8 heteroatoms. The Morgan fingerprint density at radius 1 is 1.35 bits per heavy atom. The number of ketones is 1. The molecule has 3 rings (SSSR count). The zero-order chi connectivity index (χ0) is 19.1. The van der Waals surface area contributed by atoms with Crippen LogP contribution < -0.4 is 5.73 Å². The minimum Gasteiger partial charge on any atom is -0.369 e. The standard InChI is InChI=1S/C18H20ClN5O2/c1-18(10-16(26)23(2)17(20)21-18)12-6-4-5-11(7-12)8-14(25)13-9-15(19)22-24(13)3/h4-7,9H,8,10H2,1-3H3,(H2,20,21). The molecule has 1 aliphatic heterocycles. The number of hydrogen-bond donors (Lipinski definition) is 1. The SMILES string of the molecule is CN1C(=O)CC(C)(c2cccc(CC(=O)c3cc(Cl)nn3C)c2)N=C1N. The lowest BCUT2D eigenvalue weighted by Gasteiger charge is -2.33. The van der Waals surface area contributed by atoms with Crippen molar-refractivity contribution in [2.24, 2.45) is 17.8 Å². The third kappa shape index (κ3) is 3.35. The lowest BCUT2D eigenvalue weighted by molar-refractivity contribution is -0.128. The van der Waals surface area contributed by atoms with Crippen molar-refractivity contribution < 1.29 is 9.59 Å². The maximum atomic E-state index is 12.5. The summed E-state index contributed by atoms with van der Waals surface area (Å²) in [5.41, 5.74) is 7.24. The van der Waals surface area contributed by atoms with Crippen LogP contribution in [0.3, 0.4) is 0 Å². The van der Waals surface area contributed by atoms with E-state index in [1.807, 2.05) is 31.2 Å². The van der Waals surface area contributed by atoms with Gasteiger partial charge in [0.15, 0.2) is 16.9 Å². The maximum absolute atomic E-state index is 12.5. The van der Waals surface area contributed by atoms with Gasteiger partial charge in [0.1, 0.15) is 5.69 Å². The molecule has 7 nitrogen and oxygen atoms in total. The van der Waals surface area contributed by atoms with Crippen LogP contribution in [0, 0.1) is 0 Å². The van der Waals surface area contributed by atoms with E-state index in [-0.39, 0.29) is 35.6 Å². The van der Waals surface area contributed by atoms with Gasteiger partial charge in [-0.25, -0.2) is 4.99 Å². The van der Waals surface area contributed by atoms with Gasteiger partial charge in [0.25, 0.3) is 0 Å². The Bertz CT molecular complexity index is 920. The Balaban J connectivity index is 1.88. The van der Waals surface area contributed by atoms with Crippen LogP contribution >= 0.6 is 11.6 Å². The van der Waals surface area contributed by atoms with Crippen LogP contribution in [-0.2, 0) is 23.8 Å². The van der Waals surface area contributed by atoms with Crippen molar-refractivity contribution in [3.63, 3.8) is 0 Å². The number of aryl methyl sites for hydroxylation is 1. The number of halogens is 1. The lowest BCUT2D eigenvalue weighted by Crippen LogP contribution is -2.47. The summed E-state index contributed by atoms with van der Waals surface area (Å²) in [5, 5.41) is 4.27. The first kappa shape index (κ1) is 18.1. The van der Waals surface area contributed by atoms with E-state index >= 15 is 0 Å². The predicted octanol–water partition coefficient (Wildman–Crippen LogP) is 1.89. The van der Waals surface area contributed by atoms with Gasteiger partial charge in [-0.15, -0.1) is 0 Å². The number of nitrogens with zero attached hydrogens (tertiary/aromatic N) is 4. The van der Waals surface area contributed by atoms with Crippen LogP contribution in [-0.4, -0.2) is 39.4 Å². The largest absolute Gasteiger partial charge is 0.369 e. The number of aromatic nitrogens is 2. The van der Waals surface area contributed by atoms with Gasteiger partial charge >= 0.3 is 0 Å². The molecule has 1 aromatic heterocycles. The van der Waals surface area contributed by atoms with E-state index in [0.29, 0.717) is 5.69 Å². The van der Waals surface area contributed by atoms with Gasteiger partial charge in [0.2, 0.25) is 5.91 Å². The number of carbonyl (C=O) groups is 2. The number of Topliss-reactive ketones (excluding diaryl/α,β-unsaturated/α-hetero) is 1. The van der Waals surface area contributed by atoms with Crippen molar-refractivity contribution in [1.82, 2.24) is 14.7 Å². The number of hydrogen-bond acceptors (Lipinski definition) is 5. The third-order valence-corrected chi connectivity index (χ3v) is 4.81. The Labute approximate surface area is 156 Å². The Hall–Kier alpha value is -2.67. The molecular formula is C18H20ClN5O2. The highest BCUT2D eigenvalue weighted by atomic mass is 35.5. The number of nitrogens with two attached hydrogens (primary N) is 1. The monoisotopic (exact) mass is 373 g/mol. The summed E-state index contributed by atoms with van der Waals surface area (Å²) in [6.07, 6.45) is 0.422. The molecule has 1 aliphatic rings. The first-order chi connectivity index (χ1) is 12.2. The molecule has 1 aromatic carbocycles. The number of benzene rings is 1. The molecule has 0 bridgehead atoms. The summed E-state index contributed by atoms with van der Waals surface area (Å²) in [4.78, 5) is 30.5. The molecule has 1 amide bonds. The molecule has 0 spiro atoms. The van der Waals surface area contributed by atoms with E-state index in [0.717, 1.165) is 11.1 Å². The molecule has 1 atom stereocenters. The predicted molar refractivity (Wildman–Crippen MR) is 99.1 cm³/mol. The van der Waals surface area contributed by atoms with Gasteiger partial charge in [-0.3, -0.25) is 19.2 Å². The fourth-order valence-electron chi connectivity index (χ4n) is 3.06. The fourth-order valence-corrected chi connectivity index (χ4v) is 3.28. The van der Waals surface area contributed by atoms with Crippen LogP contribution in [0.15, 0.2) is 35.3 Å². The molecule has 0 saturated carbocycles. The zero-order valence-corrected chi connectivity index (χ0v) is 15.6. The van der Waals surface area contributed by atoms with Gasteiger partial charge in [-0.1, -0.05) is 35.9 Å². The van der Waals surface area contributed by atoms with Crippen molar-refractivity contribution in [1.29, 1.82) is 0 Å². The molecule has 1 unspecified atom stereocenters. The number of amides is 1. The van der Waals surface area contributed by atoms with E-state index < -0.39 is 5.54 Å².